The minimum atomic E-state index is -4.24. The van der Waals surface area contributed by atoms with Gasteiger partial charge in [0.05, 0.1) is 18.2 Å². The number of carbonyl (C=O) groups excluding carboxylic acids is 2. The number of amides is 1. The predicted molar refractivity (Wildman–Crippen MR) is 142 cm³/mol. The van der Waals surface area contributed by atoms with Gasteiger partial charge < -0.3 is 23.3 Å². The van der Waals surface area contributed by atoms with E-state index in [0.717, 1.165) is 0 Å². The third-order valence-corrected chi connectivity index (χ3v) is 7.55. The molecule has 1 fully saturated rings. The quantitative estimate of drug-likeness (QED) is 0.299. The topological polar surface area (TPSA) is 108 Å². The molecule has 11 heteroatoms. The molecule has 0 bridgehead atoms. The van der Waals surface area contributed by atoms with Crippen molar-refractivity contribution in [3.63, 3.8) is 0 Å². The highest BCUT2D eigenvalue weighted by Crippen LogP contribution is 2.33. The summed E-state index contributed by atoms with van der Waals surface area (Å²) < 4.78 is 47.8. The summed E-state index contributed by atoms with van der Waals surface area (Å²) in [6.07, 6.45) is 1.02. The molecule has 1 saturated heterocycles. The van der Waals surface area contributed by atoms with Gasteiger partial charge in [-0.25, -0.2) is 9.59 Å². The molecule has 0 N–H and O–H groups in total. The fraction of sp³-hybridized carbons (Fsp3) is 0.481. The SMILES string of the molecule is CCOC(=O)c1c(C)cc(OS(=O)(=O)c2ccccc2Cl)cc1OCC1CCN(C(=O)OC(C)(C)C)CC1. The van der Waals surface area contributed by atoms with E-state index in [1.165, 1.54) is 24.3 Å². The van der Waals surface area contributed by atoms with Gasteiger partial charge in [-0.1, -0.05) is 23.7 Å². The van der Waals surface area contributed by atoms with Crippen molar-refractivity contribution >= 4 is 33.8 Å². The lowest BCUT2D eigenvalue weighted by Gasteiger charge is -2.33. The second-order valence-corrected chi connectivity index (χ2v) is 11.9. The largest absolute Gasteiger partial charge is 0.492 e. The number of hydrogen-bond donors (Lipinski definition) is 0. The summed E-state index contributed by atoms with van der Waals surface area (Å²) in [7, 11) is -4.24. The van der Waals surface area contributed by atoms with E-state index in [1.807, 2.05) is 20.8 Å². The van der Waals surface area contributed by atoms with E-state index in [2.05, 4.69) is 0 Å². The van der Waals surface area contributed by atoms with Gasteiger partial charge in [0, 0.05) is 19.2 Å². The Kier molecular flexibility index (Phi) is 9.54. The lowest BCUT2D eigenvalue weighted by molar-refractivity contribution is 0.0163. The fourth-order valence-corrected chi connectivity index (χ4v) is 5.40. The number of benzene rings is 2. The van der Waals surface area contributed by atoms with Gasteiger partial charge in [-0.3, -0.25) is 0 Å². The van der Waals surface area contributed by atoms with Gasteiger partial charge in [0.15, 0.2) is 0 Å². The lowest BCUT2D eigenvalue weighted by Crippen LogP contribution is -2.42. The maximum atomic E-state index is 12.9. The van der Waals surface area contributed by atoms with E-state index in [4.69, 9.17) is 30.0 Å². The molecule has 1 amide bonds. The van der Waals surface area contributed by atoms with Gasteiger partial charge in [-0.2, -0.15) is 8.42 Å². The molecule has 208 valence electrons. The van der Waals surface area contributed by atoms with Crippen molar-refractivity contribution in [3.8, 4) is 11.5 Å². The number of nitrogens with zero attached hydrogens (tertiary/aromatic N) is 1. The molecule has 3 rings (SSSR count). The van der Waals surface area contributed by atoms with Crippen LogP contribution in [0.25, 0.3) is 0 Å². The molecule has 38 heavy (non-hydrogen) atoms. The maximum Gasteiger partial charge on any atom is 0.410 e. The van der Waals surface area contributed by atoms with Crippen molar-refractivity contribution in [2.45, 2.75) is 58.0 Å². The molecule has 0 atom stereocenters. The third kappa shape index (κ3) is 7.77. The van der Waals surface area contributed by atoms with Gasteiger partial charge in [-0.05, 0) is 77.1 Å². The van der Waals surface area contributed by atoms with Crippen LogP contribution in [0.4, 0.5) is 4.79 Å². The van der Waals surface area contributed by atoms with Crippen LogP contribution in [0.2, 0.25) is 5.02 Å². The zero-order valence-corrected chi connectivity index (χ0v) is 23.9. The molecule has 0 unspecified atom stereocenters. The molecule has 2 aromatic rings. The Morgan fingerprint density at radius 1 is 1.11 bits per heavy atom. The number of hydrogen-bond acceptors (Lipinski definition) is 8. The van der Waals surface area contributed by atoms with Gasteiger partial charge in [0.25, 0.3) is 0 Å². The standard InChI is InChI=1S/C27H34ClNO8S/c1-6-34-25(30)24-18(2)15-20(37-38(32,33)23-10-8-7-9-21(23)28)16-22(24)35-17-19-11-13-29(14-12-19)26(31)36-27(3,4)5/h7-10,15-16,19H,6,11-14,17H2,1-5H3. The first-order valence-corrected chi connectivity index (χ1v) is 14.2. The number of likely N-dealkylation sites (tertiary alicyclic amines) is 1. The summed E-state index contributed by atoms with van der Waals surface area (Å²) >= 11 is 6.06. The zero-order chi connectivity index (χ0) is 28.1. The zero-order valence-electron chi connectivity index (χ0n) is 22.3. The van der Waals surface area contributed by atoms with Crippen LogP contribution in [-0.4, -0.2) is 57.3 Å². The van der Waals surface area contributed by atoms with Crippen LogP contribution in [0, 0.1) is 12.8 Å². The lowest BCUT2D eigenvalue weighted by atomic mass is 9.98. The molecular weight excluding hydrogens is 534 g/mol. The number of ether oxygens (including phenoxy) is 3. The third-order valence-electron chi connectivity index (χ3n) is 5.81. The Labute approximate surface area is 229 Å². The first-order valence-electron chi connectivity index (χ1n) is 12.4. The second kappa shape index (κ2) is 12.3. The smallest absolute Gasteiger partial charge is 0.410 e. The van der Waals surface area contributed by atoms with Crippen molar-refractivity contribution in [1.29, 1.82) is 0 Å². The van der Waals surface area contributed by atoms with Gasteiger partial charge in [0.1, 0.15) is 27.6 Å². The van der Waals surface area contributed by atoms with Crippen LogP contribution < -0.4 is 8.92 Å². The predicted octanol–water partition coefficient (Wildman–Crippen LogP) is 5.62. The number of esters is 1. The Hall–Kier alpha value is -2.98. The highest BCUT2D eigenvalue weighted by atomic mass is 35.5. The van der Waals surface area contributed by atoms with Crippen molar-refractivity contribution in [3.05, 3.63) is 52.5 Å². The summed E-state index contributed by atoms with van der Waals surface area (Å²) in [5.41, 5.74) is 0.0655. The van der Waals surface area contributed by atoms with Crippen molar-refractivity contribution in [1.82, 2.24) is 4.90 Å². The van der Waals surface area contributed by atoms with E-state index in [-0.39, 0.29) is 52.2 Å². The minimum absolute atomic E-state index is 0.0230. The number of rotatable bonds is 8. The normalized spacial score (nSPS) is 14.6. The van der Waals surface area contributed by atoms with E-state index in [0.29, 0.717) is 31.5 Å². The Morgan fingerprint density at radius 2 is 1.76 bits per heavy atom. The molecule has 9 nitrogen and oxygen atoms in total. The van der Waals surface area contributed by atoms with Crippen LogP contribution in [0.15, 0.2) is 41.3 Å². The summed E-state index contributed by atoms with van der Waals surface area (Å²) in [6, 6.07) is 8.76. The first kappa shape index (κ1) is 29.6. The van der Waals surface area contributed by atoms with Crippen LogP contribution in [0.3, 0.4) is 0 Å². The molecule has 2 aromatic carbocycles. The molecule has 1 aliphatic rings. The Bertz CT molecular complexity index is 1260. The number of halogens is 1. The van der Waals surface area contributed by atoms with E-state index in [1.54, 1.807) is 30.9 Å². The van der Waals surface area contributed by atoms with Gasteiger partial charge in [-0.15, -0.1) is 0 Å². The van der Waals surface area contributed by atoms with Crippen LogP contribution in [0.5, 0.6) is 11.5 Å². The van der Waals surface area contributed by atoms with E-state index < -0.39 is 21.7 Å². The Balaban J connectivity index is 1.77. The van der Waals surface area contributed by atoms with Crippen molar-refractivity contribution in [2.24, 2.45) is 5.92 Å². The summed E-state index contributed by atoms with van der Waals surface area (Å²) in [5, 5.41) is 0.0292. The highest BCUT2D eigenvalue weighted by molar-refractivity contribution is 7.87. The number of aryl methyl sites for hydroxylation is 1. The van der Waals surface area contributed by atoms with E-state index in [9.17, 15) is 18.0 Å². The molecule has 0 aliphatic carbocycles. The Morgan fingerprint density at radius 3 is 2.37 bits per heavy atom. The van der Waals surface area contributed by atoms with Crippen molar-refractivity contribution in [2.75, 3.05) is 26.3 Å². The van der Waals surface area contributed by atoms with Crippen LogP contribution in [-0.2, 0) is 19.6 Å². The molecule has 0 spiro atoms. The highest BCUT2D eigenvalue weighted by Gasteiger charge is 2.28. The van der Waals surface area contributed by atoms with Crippen LogP contribution >= 0.6 is 11.6 Å². The minimum Gasteiger partial charge on any atom is -0.492 e. The monoisotopic (exact) mass is 567 g/mol. The molecule has 1 heterocycles. The van der Waals surface area contributed by atoms with Gasteiger partial charge >= 0.3 is 22.2 Å². The number of piperidine rings is 1. The average Bonchev–Trinajstić information content (AvgIpc) is 2.81. The second-order valence-electron chi connectivity index (χ2n) is 10.0. The molecular formula is C27H34ClNO8S. The maximum absolute atomic E-state index is 12.9. The number of carbonyl (C=O) groups is 2. The van der Waals surface area contributed by atoms with Crippen molar-refractivity contribution < 1.29 is 36.4 Å². The first-order chi connectivity index (χ1) is 17.8. The summed E-state index contributed by atoms with van der Waals surface area (Å²) in [4.78, 5) is 26.5. The van der Waals surface area contributed by atoms with Gasteiger partial charge in [0.2, 0.25) is 0 Å². The average molecular weight is 568 g/mol. The fourth-order valence-electron chi connectivity index (χ4n) is 3.99. The summed E-state index contributed by atoms with van der Waals surface area (Å²) in [6.45, 7) is 10.3. The summed E-state index contributed by atoms with van der Waals surface area (Å²) in [5.74, 6) is -0.340. The van der Waals surface area contributed by atoms with E-state index >= 15 is 0 Å². The molecule has 0 aromatic heterocycles. The molecule has 0 radical (unpaired) electrons. The molecule has 1 aliphatic heterocycles. The molecule has 0 saturated carbocycles. The van der Waals surface area contributed by atoms with Crippen LogP contribution in [0.1, 0.15) is 56.5 Å².